The summed E-state index contributed by atoms with van der Waals surface area (Å²) in [6, 6.07) is 0. The Bertz CT molecular complexity index is 358. The average Bonchev–Trinajstić information content (AvgIpc) is 2.51. The van der Waals surface area contributed by atoms with Gasteiger partial charge in [-0.25, -0.2) is 9.62 Å². The van der Waals surface area contributed by atoms with Gasteiger partial charge in [0.2, 0.25) is 11.6 Å². The molecule has 0 amide bonds. The second kappa shape index (κ2) is 4.35. The third-order valence-corrected chi connectivity index (χ3v) is 1.42. The molecule has 0 atom stereocenters. The van der Waals surface area contributed by atoms with Crippen LogP contribution in [0.25, 0.3) is 0 Å². The Kier molecular flexibility index (Phi) is 3.16. The number of nitrogen functional groups attached to an aromatic ring is 1. The van der Waals surface area contributed by atoms with E-state index in [0.29, 0.717) is 5.71 Å². The van der Waals surface area contributed by atoms with Crippen LogP contribution in [-0.2, 0) is 9.53 Å². The predicted molar refractivity (Wildman–Crippen MR) is 48.1 cm³/mol. The van der Waals surface area contributed by atoms with Crippen molar-refractivity contribution in [2.75, 3.05) is 12.8 Å². The number of nitrogens with two attached hydrogens (primary N) is 1. The van der Waals surface area contributed by atoms with E-state index in [0.717, 1.165) is 0 Å². The number of aliphatic imine (C=N–C) groups is 1. The van der Waals surface area contributed by atoms with E-state index in [1.807, 2.05) is 0 Å². The van der Waals surface area contributed by atoms with Crippen molar-refractivity contribution in [1.82, 2.24) is 10.3 Å². The summed E-state index contributed by atoms with van der Waals surface area (Å²) in [4.78, 5) is 14.8. The molecular formula is C7H10N4O3. The summed E-state index contributed by atoms with van der Waals surface area (Å²) < 4.78 is 8.79. The van der Waals surface area contributed by atoms with Gasteiger partial charge in [0.15, 0.2) is 0 Å². The molecule has 14 heavy (non-hydrogen) atoms. The minimum Gasteiger partial charge on any atom is -0.469 e. The van der Waals surface area contributed by atoms with E-state index >= 15 is 0 Å². The van der Waals surface area contributed by atoms with Crippen LogP contribution in [0.4, 0.5) is 11.6 Å². The lowest BCUT2D eigenvalue weighted by Crippen LogP contribution is -2.06. The molecule has 0 unspecified atom stereocenters. The van der Waals surface area contributed by atoms with Gasteiger partial charge in [-0.05, 0) is 17.2 Å². The zero-order valence-corrected chi connectivity index (χ0v) is 7.85. The van der Waals surface area contributed by atoms with Gasteiger partial charge in [0.05, 0.1) is 13.5 Å². The minimum atomic E-state index is -0.374. The van der Waals surface area contributed by atoms with Crippen molar-refractivity contribution >= 4 is 23.3 Å². The number of nitrogens with zero attached hydrogens (tertiary/aromatic N) is 3. The van der Waals surface area contributed by atoms with Crippen molar-refractivity contribution < 1.29 is 14.2 Å². The van der Waals surface area contributed by atoms with Crippen molar-refractivity contribution in [1.29, 1.82) is 0 Å². The van der Waals surface area contributed by atoms with Gasteiger partial charge in [0.25, 0.3) is 0 Å². The molecule has 76 valence electrons. The van der Waals surface area contributed by atoms with Crippen LogP contribution in [-0.4, -0.2) is 29.1 Å². The Balaban J connectivity index is 2.69. The fourth-order valence-corrected chi connectivity index (χ4v) is 0.770. The summed E-state index contributed by atoms with van der Waals surface area (Å²) in [6.45, 7) is 1.66. The minimum absolute atomic E-state index is 0.0861. The normalized spacial score (nSPS) is 11.4. The first-order chi connectivity index (χ1) is 6.63. The van der Waals surface area contributed by atoms with Crippen LogP contribution in [0, 0.1) is 0 Å². The second-order valence-electron chi connectivity index (χ2n) is 2.57. The maximum absolute atomic E-state index is 10.8. The van der Waals surface area contributed by atoms with Crippen molar-refractivity contribution in [3.8, 4) is 0 Å². The molecule has 0 fully saturated rings. The highest BCUT2D eigenvalue weighted by Crippen LogP contribution is 2.15. The monoisotopic (exact) mass is 198 g/mol. The van der Waals surface area contributed by atoms with Crippen LogP contribution in [0.1, 0.15) is 13.3 Å². The molecule has 0 aliphatic carbocycles. The van der Waals surface area contributed by atoms with Crippen molar-refractivity contribution in [3.63, 3.8) is 0 Å². The molecule has 0 aliphatic heterocycles. The molecule has 7 heteroatoms. The summed E-state index contributed by atoms with van der Waals surface area (Å²) in [5.41, 5.74) is 5.89. The van der Waals surface area contributed by atoms with Gasteiger partial charge in [-0.15, -0.1) is 0 Å². The number of anilines is 1. The van der Waals surface area contributed by atoms with E-state index in [1.165, 1.54) is 7.11 Å². The van der Waals surface area contributed by atoms with Crippen molar-refractivity contribution in [2.45, 2.75) is 13.3 Å². The van der Waals surface area contributed by atoms with Gasteiger partial charge < -0.3 is 10.5 Å². The molecule has 0 saturated heterocycles. The van der Waals surface area contributed by atoms with E-state index in [4.69, 9.17) is 5.73 Å². The maximum Gasteiger partial charge on any atom is 0.311 e. The van der Waals surface area contributed by atoms with Gasteiger partial charge in [-0.3, -0.25) is 4.79 Å². The first-order valence-electron chi connectivity index (χ1n) is 3.82. The largest absolute Gasteiger partial charge is 0.469 e. The molecule has 0 radical (unpaired) electrons. The highest BCUT2D eigenvalue weighted by atomic mass is 16.6. The Morgan fingerprint density at radius 1 is 1.64 bits per heavy atom. The fraction of sp³-hybridized carbons (Fsp3) is 0.429. The number of aromatic nitrogens is 2. The number of carbonyl (C=O) groups excluding carboxylic acids is 1. The SMILES string of the molecule is COC(=O)CC(C)=Nc1nonc1N. The van der Waals surface area contributed by atoms with E-state index in [2.05, 4.69) is 24.7 Å². The van der Waals surface area contributed by atoms with Gasteiger partial charge in [-0.2, -0.15) is 0 Å². The first kappa shape index (κ1) is 10.2. The van der Waals surface area contributed by atoms with E-state index in [9.17, 15) is 4.79 Å². The molecule has 0 aliphatic rings. The van der Waals surface area contributed by atoms with Gasteiger partial charge >= 0.3 is 5.97 Å². The van der Waals surface area contributed by atoms with Gasteiger partial charge in [0.1, 0.15) is 0 Å². The lowest BCUT2D eigenvalue weighted by molar-refractivity contribution is -0.139. The number of hydrogen-bond donors (Lipinski definition) is 1. The highest BCUT2D eigenvalue weighted by molar-refractivity contribution is 5.98. The summed E-state index contributed by atoms with van der Waals surface area (Å²) >= 11 is 0. The molecule has 1 aromatic heterocycles. The Morgan fingerprint density at radius 3 is 2.86 bits per heavy atom. The molecule has 0 spiro atoms. The summed E-state index contributed by atoms with van der Waals surface area (Å²) in [7, 11) is 1.31. The van der Waals surface area contributed by atoms with Crippen molar-refractivity contribution in [3.05, 3.63) is 0 Å². The molecule has 7 nitrogen and oxygen atoms in total. The smallest absolute Gasteiger partial charge is 0.311 e. The lowest BCUT2D eigenvalue weighted by atomic mass is 10.3. The fourth-order valence-electron chi connectivity index (χ4n) is 0.770. The first-order valence-corrected chi connectivity index (χ1v) is 3.82. The third kappa shape index (κ3) is 2.54. The second-order valence-corrected chi connectivity index (χ2v) is 2.57. The van der Waals surface area contributed by atoms with Gasteiger partial charge in [-0.1, -0.05) is 0 Å². The maximum atomic E-state index is 10.8. The number of methoxy groups -OCH3 is 1. The Morgan fingerprint density at radius 2 is 2.36 bits per heavy atom. The molecule has 1 heterocycles. The number of carbonyl (C=O) groups is 1. The summed E-state index contributed by atoms with van der Waals surface area (Å²) in [5.74, 6) is -0.109. The number of esters is 1. The highest BCUT2D eigenvalue weighted by Gasteiger charge is 2.07. The third-order valence-electron chi connectivity index (χ3n) is 1.42. The molecule has 0 aromatic carbocycles. The van der Waals surface area contributed by atoms with Crippen LogP contribution < -0.4 is 5.73 Å². The standard InChI is InChI=1S/C7H10N4O3/c1-4(3-5(12)13-2)9-7-6(8)10-14-11-7/h3H2,1-2H3,(H2,8,10). The molecular weight excluding hydrogens is 188 g/mol. The molecule has 0 bridgehead atoms. The van der Waals surface area contributed by atoms with Crippen LogP contribution in [0.5, 0.6) is 0 Å². The summed E-state index contributed by atoms with van der Waals surface area (Å²) in [5, 5.41) is 6.78. The zero-order valence-electron chi connectivity index (χ0n) is 7.85. The van der Waals surface area contributed by atoms with Gasteiger partial charge in [0, 0.05) is 5.71 Å². The number of hydrogen-bond acceptors (Lipinski definition) is 7. The van der Waals surface area contributed by atoms with Crippen LogP contribution in [0.3, 0.4) is 0 Å². The lowest BCUT2D eigenvalue weighted by Gasteiger charge is -1.96. The van der Waals surface area contributed by atoms with Crippen LogP contribution in [0.15, 0.2) is 9.62 Å². The zero-order chi connectivity index (χ0) is 10.6. The molecule has 1 aromatic rings. The molecule has 0 saturated carbocycles. The number of rotatable bonds is 3. The predicted octanol–water partition coefficient (Wildman–Crippen LogP) is 0.307. The molecule has 2 N–H and O–H groups in total. The van der Waals surface area contributed by atoms with E-state index in [1.54, 1.807) is 6.92 Å². The Hall–Kier alpha value is -1.92. The van der Waals surface area contributed by atoms with Crippen molar-refractivity contribution in [2.24, 2.45) is 4.99 Å². The van der Waals surface area contributed by atoms with E-state index < -0.39 is 0 Å². The Labute approximate surface area is 79.9 Å². The van der Waals surface area contributed by atoms with E-state index in [-0.39, 0.29) is 24.0 Å². The quantitative estimate of drug-likeness (QED) is 0.553. The number of ether oxygens (including phenoxy) is 1. The van der Waals surface area contributed by atoms with Crippen LogP contribution in [0.2, 0.25) is 0 Å². The topological polar surface area (TPSA) is 104 Å². The average molecular weight is 198 g/mol. The summed E-state index contributed by atoms with van der Waals surface area (Å²) in [6.07, 6.45) is 0.0861. The van der Waals surface area contributed by atoms with Crippen LogP contribution >= 0.6 is 0 Å². The molecule has 1 rings (SSSR count).